The van der Waals surface area contributed by atoms with E-state index in [1.165, 1.54) is 80.7 Å². The predicted octanol–water partition coefficient (Wildman–Crippen LogP) is 13.9. The lowest BCUT2D eigenvalue weighted by atomic mass is 9.70. The molecule has 0 unspecified atom stereocenters. The minimum absolute atomic E-state index is 0.356. The molecule has 2 aliphatic rings. The number of benzene rings is 9. The van der Waals surface area contributed by atoms with Crippen LogP contribution >= 0.6 is 11.3 Å². The van der Waals surface area contributed by atoms with E-state index in [4.69, 9.17) is 15.0 Å². The van der Waals surface area contributed by atoms with Gasteiger partial charge in [0, 0.05) is 36.9 Å². The van der Waals surface area contributed by atoms with Crippen LogP contribution in [-0.2, 0) is 5.41 Å². The fourth-order valence-electron chi connectivity index (χ4n) is 10.00. The van der Waals surface area contributed by atoms with Gasteiger partial charge in [0.25, 0.3) is 0 Å². The Labute approximate surface area is 338 Å². The number of hydrogen-bond acceptors (Lipinski definition) is 4. The lowest BCUT2D eigenvalue weighted by molar-refractivity contribution is 0.797. The molecule has 2 aromatic heterocycles. The molecule has 9 aromatic carbocycles. The molecule has 2 aliphatic carbocycles. The largest absolute Gasteiger partial charge is 0.208 e. The van der Waals surface area contributed by atoms with E-state index in [1.54, 1.807) is 11.3 Å². The molecule has 1 spiro atoms. The number of hydrogen-bond donors (Lipinski definition) is 0. The van der Waals surface area contributed by atoms with Crippen molar-refractivity contribution in [1.82, 2.24) is 15.0 Å². The summed E-state index contributed by atoms with van der Waals surface area (Å²) in [6.45, 7) is 0. The Hall–Kier alpha value is -7.27. The molecule has 0 aliphatic heterocycles. The summed E-state index contributed by atoms with van der Waals surface area (Å²) in [5.74, 6) is 1.98. The van der Waals surface area contributed by atoms with E-state index < -0.39 is 0 Å². The number of nitrogens with zero attached hydrogens (tertiary/aromatic N) is 3. The van der Waals surface area contributed by atoms with E-state index in [2.05, 4.69) is 170 Å². The Morgan fingerprint density at radius 2 is 0.879 bits per heavy atom. The van der Waals surface area contributed by atoms with Crippen LogP contribution in [0.3, 0.4) is 0 Å². The van der Waals surface area contributed by atoms with Crippen LogP contribution in [0.2, 0.25) is 0 Å². The number of fused-ring (bicyclic) bond motifs is 10. The van der Waals surface area contributed by atoms with Crippen LogP contribution in [-0.4, -0.2) is 15.0 Å². The first-order valence-electron chi connectivity index (χ1n) is 19.8. The fraction of sp³-hybridized carbons (Fsp3) is 0.0185. The Bertz CT molecular complexity index is 3450. The molecule has 0 saturated heterocycles. The zero-order chi connectivity index (χ0) is 38.0. The molecular weight excluding hydrogens is 723 g/mol. The van der Waals surface area contributed by atoms with Crippen molar-refractivity contribution >= 4 is 53.1 Å². The summed E-state index contributed by atoms with van der Waals surface area (Å²) in [5.41, 5.74) is 12.9. The van der Waals surface area contributed by atoms with Crippen LogP contribution in [0.15, 0.2) is 188 Å². The molecule has 13 rings (SSSR count). The highest BCUT2D eigenvalue weighted by Gasteiger charge is 2.50. The Kier molecular flexibility index (Phi) is 6.53. The lowest BCUT2D eigenvalue weighted by Crippen LogP contribution is -2.26. The van der Waals surface area contributed by atoms with E-state index in [-0.39, 0.29) is 5.41 Å². The number of rotatable bonds is 4. The second-order valence-electron chi connectivity index (χ2n) is 15.5. The van der Waals surface area contributed by atoms with Crippen molar-refractivity contribution in [2.75, 3.05) is 0 Å². The molecule has 4 heteroatoms. The summed E-state index contributed by atoms with van der Waals surface area (Å²) >= 11 is 1.80. The Morgan fingerprint density at radius 3 is 1.64 bits per heavy atom. The van der Waals surface area contributed by atoms with Gasteiger partial charge in [-0.3, -0.25) is 0 Å². The van der Waals surface area contributed by atoms with Gasteiger partial charge in [-0.1, -0.05) is 170 Å². The minimum Gasteiger partial charge on any atom is -0.208 e. The van der Waals surface area contributed by atoms with Crippen molar-refractivity contribution in [2.24, 2.45) is 0 Å². The molecular formula is C54H31N3S. The molecule has 0 fully saturated rings. The van der Waals surface area contributed by atoms with Gasteiger partial charge in [0.05, 0.1) is 5.41 Å². The second kappa shape index (κ2) is 11.9. The van der Waals surface area contributed by atoms with Crippen LogP contribution in [0.25, 0.3) is 98.1 Å². The quantitative estimate of drug-likeness (QED) is 0.168. The average Bonchev–Trinajstić information content (AvgIpc) is 3.93. The van der Waals surface area contributed by atoms with E-state index in [0.29, 0.717) is 17.5 Å². The standard InChI is InChI=1S/C54H31N3S/c1-2-10-35(11-3-1)51-55-52(57-53(56-51)38-26-28-41-40-15-5-7-19-47(40)58-48(41)31-38)36-24-20-32(21-25-36)37-27-29-44-42(30-37)39-14-4-6-16-43(39)54(44)45-17-8-12-33-22-23-34-13-9-18-46(54)50(34)49(33)45/h1-31H. The maximum Gasteiger partial charge on any atom is 0.164 e. The van der Waals surface area contributed by atoms with Crippen molar-refractivity contribution in [3.8, 4) is 56.4 Å². The highest BCUT2D eigenvalue weighted by Crippen LogP contribution is 2.62. The third-order valence-electron chi connectivity index (χ3n) is 12.5. The lowest BCUT2D eigenvalue weighted by Gasteiger charge is -2.30. The van der Waals surface area contributed by atoms with Gasteiger partial charge in [-0.05, 0) is 84.3 Å². The molecule has 0 radical (unpaired) electrons. The van der Waals surface area contributed by atoms with Crippen molar-refractivity contribution < 1.29 is 0 Å². The average molecular weight is 754 g/mol. The van der Waals surface area contributed by atoms with Gasteiger partial charge in [-0.15, -0.1) is 11.3 Å². The van der Waals surface area contributed by atoms with Crippen LogP contribution in [0.5, 0.6) is 0 Å². The summed E-state index contributed by atoms with van der Waals surface area (Å²) < 4.78 is 2.50. The van der Waals surface area contributed by atoms with Gasteiger partial charge in [0.1, 0.15) is 0 Å². The molecule has 3 nitrogen and oxygen atoms in total. The molecule has 58 heavy (non-hydrogen) atoms. The molecule has 2 heterocycles. The van der Waals surface area contributed by atoms with E-state index in [9.17, 15) is 0 Å². The summed E-state index contributed by atoms with van der Waals surface area (Å²) in [6.07, 6.45) is 0. The van der Waals surface area contributed by atoms with Crippen molar-refractivity contribution in [2.45, 2.75) is 5.41 Å². The third kappa shape index (κ3) is 4.35. The van der Waals surface area contributed by atoms with E-state index in [1.807, 2.05) is 18.2 Å². The maximum atomic E-state index is 5.11. The Morgan fingerprint density at radius 1 is 0.328 bits per heavy atom. The zero-order valence-corrected chi connectivity index (χ0v) is 32.0. The molecule has 0 atom stereocenters. The Balaban J connectivity index is 0.923. The summed E-state index contributed by atoms with van der Waals surface area (Å²) in [7, 11) is 0. The molecule has 0 N–H and O–H groups in total. The summed E-state index contributed by atoms with van der Waals surface area (Å²) in [4.78, 5) is 15.2. The fourth-order valence-corrected chi connectivity index (χ4v) is 11.1. The monoisotopic (exact) mass is 753 g/mol. The van der Waals surface area contributed by atoms with Gasteiger partial charge in [-0.2, -0.15) is 0 Å². The molecule has 11 aromatic rings. The van der Waals surface area contributed by atoms with Crippen LogP contribution in [0.1, 0.15) is 22.3 Å². The van der Waals surface area contributed by atoms with Gasteiger partial charge < -0.3 is 0 Å². The molecule has 0 amide bonds. The number of aromatic nitrogens is 3. The van der Waals surface area contributed by atoms with Gasteiger partial charge >= 0.3 is 0 Å². The first-order chi connectivity index (χ1) is 28.7. The smallest absolute Gasteiger partial charge is 0.164 e. The van der Waals surface area contributed by atoms with Crippen molar-refractivity contribution in [3.05, 3.63) is 210 Å². The topological polar surface area (TPSA) is 38.7 Å². The SMILES string of the molecule is c1ccc(-c2nc(-c3ccc(-c4ccc5c(c4)-c4ccccc4C54c5cccc6ccc7cccc4c7c56)cc3)nc(-c3ccc4c(c3)sc3ccccc34)n2)cc1. The third-order valence-corrected chi connectivity index (χ3v) is 13.7. The first kappa shape index (κ1) is 31.9. The van der Waals surface area contributed by atoms with E-state index in [0.717, 1.165) is 22.3 Å². The van der Waals surface area contributed by atoms with E-state index >= 15 is 0 Å². The van der Waals surface area contributed by atoms with Crippen LogP contribution < -0.4 is 0 Å². The first-order valence-corrected chi connectivity index (χ1v) is 20.6. The minimum atomic E-state index is -0.356. The summed E-state index contributed by atoms with van der Waals surface area (Å²) in [6, 6.07) is 68.4. The zero-order valence-electron chi connectivity index (χ0n) is 31.1. The van der Waals surface area contributed by atoms with Crippen LogP contribution in [0.4, 0.5) is 0 Å². The van der Waals surface area contributed by atoms with Crippen molar-refractivity contribution in [3.63, 3.8) is 0 Å². The summed E-state index contributed by atoms with van der Waals surface area (Å²) in [5, 5.41) is 7.91. The molecule has 268 valence electrons. The number of thiophene rings is 1. The molecule has 0 bridgehead atoms. The normalized spacial score (nSPS) is 13.3. The highest BCUT2D eigenvalue weighted by atomic mass is 32.1. The maximum absolute atomic E-state index is 5.11. The predicted molar refractivity (Wildman–Crippen MR) is 240 cm³/mol. The van der Waals surface area contributed by atoms with Gasteiger partial charge in [-0.25, -0.2) is 15.0 Å². The highest BCUT2D eigenvalue weighted by molar-refractivity contribution is 7.25. The van der Waals surface area contributed by atoms with Gasteiger partial charge in [0.2, 0.25) is 0 Å². The van der Waals surface area contributed by atoms with Crippen molar-refractivity contribution in [1.29, 1.82) is 0 Å². The second-order valence-corrected chi connectivity index (χ2v) is 16.6. The molecule has 0 saturated carbocycles. The van der Waals surface area contributed by atoms with Crippen LogP contribution in [0, 0.1) is 0 Å². The van der Waals surface area contributed by atoms with Gasteiger partial charge in [0.15, 0.2) is 17.5 Å².